The minimum atomic E-state index is -0.915. The monoisotopic (exact) mass is 503 g/mol. The van der Waals surface area contributed by atoms with Gasteiger partial charge in [0.1, 0.15) is 17.8 Å². The topological polar surface area (TPSA) is 133 Å². The van der Waals surface area contributed by atoms with Crippen LogP contribution >= 0.6 is 11.6 Å². The van der Waals surface area contributed by atoms with E-state index in [1.54, 1.807) is 24.4 Å². The zero-order chi connectivity index (χ0) is 23.2. The maximum Gasteiger partial charge on any atom is 1.00 e. The summed E-state index contributed by atoms with van der Waals surface area (Å²) >= 11 is 6.60. The molecule has 0 saturated heterocycles. The van der Waals surface area contributed by atoms with Crippen LogP contribution < -0.4 is 34.3 Å². The predicted octanol–water partition coefficient (Wildman–Crippen LogP) is 1.28. The number of carboxylic acid groups (broad SMARTS) is 1. The van der Waals surface area contributed by atoms with E-state index in [1.165, 1.54) is 6.33 Å². The normalized spacial score (nSPS) is 13.6. The first-order valence-electron chi connectivity index (χ1n) is 10.6. The molecule has 2 N–H and O–H groups in total. The van der Waals surface area contributed by atoms with Gasteiger partial charge < -0.3 is 19.9 Å². The Balaban J connectivity index is 0.00000171. The number of hydrogen-bond donors (Lipinski definition) is 1. The fraction of sp³-hybridized carbons (Fsp3) is 0.292. The molecule has 0 radical (unpaired) electrons. The van der Waals surface area contributed by atoms with Gasteiger partial charge in [-0.3, -0.25) is 9.78 Å². The van der Waals surface area contributed by atoms with Crippen LogP contribution in [0.25, 0.3) is 22.6 Å². The Labute approximate surface area is 229 Å². The van der Waals surface area contributed by atoms with Crippen molar-refractivity contribution < 1.29 is 49.7 Å². The second-order valence-electron chi connectivity index (χ2n) is 8.63. The molecule has 11 heteroatoms. The van der Waals surface area contributed by atoms with E-state index < -0.39 is 5.97 Å². The number of carbonyl (C=O) groups is 1. The fourth-order valence-corrected chi connectivity index (χ4v) is 4.02. The van der Waals surface area contributed by atoms with Gasteiger partial charge in [-0.25, -0.2) is 9.97 Å². The second kappa shape index (κ2) is 10.6. The Bertz CT molecular complexity index is 1390. The third-order valence-corrected chi connectivity index (χ3v) is 6.03. The number of benzene rings is 1. The Hall–Kier alpha value is -2.56. The van der Waals surface area contributed by atoms with E-state index in [2.05, 4.69) is 15.0 Å². The first-order valence-corrected chi connectivity index (χ1v) is 11.0. The zero-order valence-electron chi connectivity index (χ0n) is 19.7. The number of rotatable bonds is 7. The summed E-state index contributed by atoms with van der Waals surface area (Å²) in [7, 11) is 0. The summed E-state index contributed by atoms with van der Waals surface area (Å²) in [6, 6.07) is 9.15. The van der Waals surface area contributed by atoms with Gasteiger partial charge in [0.05, 0.1) is 23.7 Å². The molecule has 4 aromatic rings. The number of aliphatic carboxylic acids is 1. The zero-order valence-corrected chi connectivity index (χ0v) is 22.5. The number of aromatic nitrogens is 5. The molecular weight excluding hydrogens is 481 g/mol. The number of imidazole rings is 1. The number of aryl methyl sites for hydroxylation is 1. The van der Waals surface area contributed by atoms with Gasteiger partial charge in [0.2, 0.25) is 5.88 Å². The van der Waals surface area contributed by atoms with Gasteiger partial charge in [0.15, 0.2) is 11.2 Å². The van der Waals surface area contributed by atoms with Crippen molar-refractivity contribution in [2.24, 2.45) is 0 Å². The molecule has 1 aliphatic rings. The molecule has 1 aliphatic carbocycles. The van der Waals surface area contributed by atoms with E-state index in [9.17, 15) is 4.79 Å². The van der Waals surface area contributed by atoms with Crippen LogP contribution in [0.2, 0.25) is 5.02 Å². The van der Waals surface area contributed by atoms with Crippen molar-refractivity contribution >= 4 is 28.7 Å². The molecule has 0 atom stereocenters. The molecule has 1 fully saturated rings. The van der Waals surface area contributed by atoms with Gasteiger partial charge in [-0.2, -0.15) is 4.98 Å². The predicted molar refractivity (Wildman–Crippen MR) is 125 cm³/mol. The van der Waals surface area contributed by atoms with Gasteiger partial charge in [0.25, 0.3) is 0 Å². The summed E-state index contributed by atoms with van der Waals surface area (Å²) in [5.41, 5.74) is 4.18. The average Bonchev–Trinajstić information content (AvgIpc) is 3.37. The molecule has 0 spiro atoms. The summed E-state index contributed by atoms with van der Waals surface area (Å²) in [6.45, 7) is 4.49. The minimum Gasteiger partial charge on any atom is -0.870 e. The van der Waals surface area contributed by atoms with Crippen LogP contribution in [0, 0.1) is 6.92 Å². The van der Waals surface area contributed by atoms with E-state index in [1.807, 2.05) is 30.5 Å². The van der Waals surface area contributed by atoms with Gasteiger partial charge in [-0.15, -0.1) is 0 Å². The van der Waals surface area contributed by atoms with Crippen LogP contribution in [0.15, 0.2) is 42.9 Å². The summed E-state index contributed by atoms with van der Waals surface area (Å²) < 4.78 is 8.10. The Morgan fingerprint density at radius 1 is 1.20 bits per heavy atom. The molecule has 5 rings (SSSR count). The molecular formula is C24H23ClN5NaO4. The number of ether oxygens (including phenoxy) is 1. The van der Waals surface area contributed by atoms with Gasteiger partial charge in [-0.1, -0.05) is 17.7 Å². The molecule has 0 unspecified atom stereocenters. The quantitative estimate of drug-likeness (QED) is 0.373. The van der Waals surface area contributed by atoms with E-state index in [-0.39, 0.29) is 47.1 Å². The van der Waals surface area contributed by atoms with Crippen molar-refractivity contribution in [3.8, 4) is 17.3 Å². The van der Waals surface area contributed by atoms with Crippen molar-refractivity contribution in [2.75, 3.05) is 0 Å². The van der Waals surface area contributed by atoms with E-state index in [4.69, 9.17) is 26.4 Å². The fourth-order valence-electron chi connectivity index (χ4n) is 3.73. The molecule has 3 aromatic heterocycles. The summed E-state index contributed by atoms with van der Waals surface area (Å²) in [4.78, 5) is 29.3. The van der Waals surface area contributed by atoms with E-state index in [0.717, 1.165) is 24.1 Å². The molecule has 1 aromatic carbocycles. The third kappa shape index (κ3) is 5.82. The van der Waals surface area contributed by atoms with Crippen LogP contribution in [-0.2, 0) is 17.8 Å². The number of nitrogens with zero attached hydrogens (tertiary/aromatic N) is 5. The van der Waals surface area contributed by atoms with Gasteiger partial charge >= 0.3 is 35.5 Å². The second-order valence-corrected chi connectivity index (χ2v) is 9.04. The molecule has 9 nitrogen and oxygen atoms in total. The summed E-state index contributed by atoms with van der Waals surface area (Å²) in [6.07, 6.45) is 5.08. The van der Waals surface area contributed by atoms with E-state index >= 15 is 0 Å². The average molecular weight is 504 g/mol. The van der Waals surface area contributed by atoms with Crippen molar-refractivity contribution in [3.05, 3.63) is 64.7 Å². The van der Waals surface area contributed by atoms with Crippen LogP contribution in [0.5, 0.6) is 5.88 Å². The standard InChI is InChI=1S/C24H22ClN5O3.Na.H2O/c1-14-5-8-26-16(9-14)12-30-21(17-4-3-15(10-18(17)25)11-19(31)32)29-20-22(30)27-13-28-23(20)33-24(2)6-7-24;;/h3-5,8-10,13H,6-7,11-12H2,1-2H3,(H,31,32);;1H2/q;+1;/p-1. The van der Waals surface area contributed by atoms with Crippen molar-refractivity contribution in [3.63, 3.8) is 0 Å². The molecule has 1 saturated carbocycles. The molecule has 0 aliphatic heterocycles. The largest absolute Gasteiger partial charge is 1.00 e. The summed E-state index contributed by atoms with van der Waals surface area (Å²) in [5.74, 6) is 0.115. The smallest absolute Gasteiger partial charge is 0.870 e. The Kier molecular flexibility index (Phi) is 8.18. The number of carboxylic acids is 1. The molecule has 0 bridgehead atoms. The third-order valence-electron chi connectivity index (χ3n) is 5.72. The van der Waals surface area contributed by atoms with Crippen molar-refractivity contribution in [2.45, 2.75) is 45.3 Å². The van der Waals surface area contributed by atoms with Crippen LogP contribution in [0.1, 0.15) is 36.6 Å². The van der Waals surface area contributed by atoms with Crippen LogP contribution in [-0.4, -0.2) is 46.7 Å². The minimum absolute atomic E-state index is 0. The first-order chi connectivity index (χ1) is 15.8. The molecule has 35 heavy (non-hydrogen) atoms. The maximum absolute atomic E-state index is 11.1. The molecule has 0 amide bonds. The first kappa shape index (κ1) is 27.0. The van der Waals surface area contributed by atoms with E-state index in [0.29, 0.717) is 45.6 Å². The van der Waals surface area contributed by atoms with Crippen molar-refractivity contribution in [1.82, 2.24) is 24.5 Å². The Morgan fingerprint density at radius 3 is 2.63 bits per heavy atom. The van der Waals surface area contributed by atoms with Gasteiger partial charge in [-0.05, 0) is 62.1 Å². The number of pyridine rings is 1. The number of fused-ring (bicyclic) bond motifs is 1. The molecule has 176 valence electrons. The van der Waals surface area contributed by atoms with Crippen molar-refractivity contribution in [1.29, 1.82) is 0 Å². The summed E-state index contributed by atoms with van der Waals surface area (Å²) in [5, 5.41) is 9.51. The maximum atomic E-state index is 11.1. The van der Waals surface area contributed by atoms with Crippen LogP contribution in [0.3, 0.4) is 0 Å². The number of halogens is 1. The molecule has 3 heterocycles. The van der Waals surface area contributed by atoms with Gasteiger partial charge in [0, 0.05) is 11.8 Å². The van der Waals surface area contributed by atoms with Crippen LogP contribution in [0.4, 0.5) is 0 Å². The number of hydrogen-bond acceptors (Lipinski definition) is 7. The Morgan fingerprint density at radius 2 is 1.97 bits per heavy atom. The SMILES string of the molecule is Cc1ccnc(Cn2c(-c3ccc(CC(=O)O)cc3Cl)nc3c(OC4(C)CC4)ncnc32)c1.[Na+].[OH-].